The first-order valence-corrected chi connectivity index (χ1v) is 6.75. The normalized spacial score (nSPS) is 10.7. The van der Waals surface area contributed by atoms with Crippen molar-refractivity contribution in [1.29, 1.82) is 0 Å². The van der Waals surface area contributed by atoms with Gasteiger partial charge in [-0.3, -0.25) is 0 Å². The molecule has 7 heteroatoms. The predicted molar refractivity (Wildman–Crippen MR) is 77.9 cm³/mol. The van der Waals surface area contributed by atoms with Gasteiger partial charge in [0.05, 0.1) is 23.8 Å². The van der Waals surface area contributed by atoms with Crippen molar-refractivity contribution in [3.05, 3.63) is 27.7 Å². The van der Waals surface area contributed by atoms with E-state index in [9.17, 15) is 4.79 Å². The maximum Gasteiger partial charge on any atom is 0.343 e. The number of rotatable bonds is 7. The minimum Gasteiger partial charge on any atom is -0.494 e. The summed E-state index contributed by atoms with van der Waals surface area (Å²) in [5.41, 5.74) is 0.117. The van der Waals surface area contributed by atoms with Gasteiger partial charge in [0, 0.05) is 13.1 Å². The lowest BCUT2D eigenvalue weighted by atomic mass is 10.2. The topological polar surface area (TPSA) is 59.0 Å². The Morgan fingerprint density at radius 2 is 1.95 bits per heavy atom. The molecule has 0 aliphatic rings. The fourth-order valence-electron chi connectivity index (χ4n) is 1.57. The molecule has 0 aliphatic heterocycles. The lowest BCUT2D eigenvalue weighted by Gasteiger charge is -2.16. The van der Waals surface area contributed by atoms with Crippen LogP contribution >= 0.6 is 23.2 Å². The molecule has 1 aromatic rings. The van der Waals surface area contributed by atoms with Crippen molar-refractivity contribution in [3.63, 3.8) is 0 Å². The number of carbonyl (C=O) groups excluding carboxylic acids is 1. The summed E-state index contributed by atoms with van der Waals surface area (Å²) in [6, 6.07) is 3.06. The van der Waals surface area contributed by atoms with E-state index in [0.717, 1.165) is 0 Å². The van der Waals surface area contributed by atoms with Gasteiger partial charge in [-0.1, -0.05) is 23.2 Å². The third-order valence-electron chi connectivity index (χ3n) is 2.65. The highest BCUT2D eigenvalue weighted by atomic mass is 35.5. The lowest BCUT2D eigenvalue weighted by molar-refractivity contribution is 0.0464. The van der Waals surface area contributed by atoms with Crippen LogP contribution in [0.25, 0.3) is 0 Å². The minimum absolute atomic E-state index is 0.0540. The van der Waals surface area contributed by atoms with E-state index in [0.29, 0.717) is 18.1 Å². The summed E-state index contributed by atoms with van der Waals surface area (Å²) in [6.45, 7) is 1.26. The van der Waals surface area contributed by atoms with Gasteiger partial charge in [0.25, 0.3) is 0 Å². The van der Waals surface area contributed by atoms with Crippen LogP contribution in [0.1, 0.15) is 10.4 Å². The Hall–Kier alpha value is -1.01. The van der Waals surface area contributed by atoms with E-state index >= 15 is 0 Å². The van der Waals surface area contributed by atoms with Gasteiger partial charge in [-0.15, -0.1) is 0 Å². The van der Waals surface area contributed by atoms with Crippen LogP contribution in [0, 0.1) is 0 Å². The molecule has 0 bridgehead atoms. The molecule has 1 rings (SSSR count). The molecule has 112 valence electrons. The van der Waals surface area contributed by atoms with Crippen LogP contribution in [0.2, 0.25) is 10.0 Å². The number of ether oxygens (including phenoxy) is 2. The van der Waals surface area contributed by atoms with E-state index in [1.807, 2.05) is 11.9 Å². The molecule has 1 aromatic carbocycles. The SMILES string of the molecule is COc1c(Cl)ccc(Cl)c1C(=O)OCCN(C)CCO. The van der Waals surface area contributed by atoms with Crippen molar-refractivity contribution < 1.29 is 19.4 Å². The lowest BCUT2D eigenvalue weighted by Crippen LogP contribution is -2.27. The molecule has 0 fully saturated rings. The summed E-state index contributed by atoms with van der Waals surface area (Å²) in [4.78, 5) is 13.9. The van der Waals surface area contributed by atoms with E-state index in [1.165, 1.54) is 13.2 Å². The zero-order valence-electron chi connectivity index (χ0n) is 11.4. The van der Waals surface area contributed by atoms with Crippen LogP contribution in [0.3, 0.4) is 0 Å². The molecule has 0 saturated carbocycles. The molecule has 0 saturated heterocycles. The van der Waals surface area contributed by atoms with E-state index in [-0.39, 0.29) is 29.5 Å². The Morgan fingerprint density at radius 3 is 2.55 bits per heavy atom. The standard InChI is InChI=1S/C13H17Cl2NO4/c1-16(5-7-17)6-8-20-13(18)11-9(14)3-4-10(15)12(11)19-2/h3-4,17H,5-8H2,1-2H3. The number of halogens is 2. The third-order valence-corrected chi connectivity index (χ3v) is 3.27. The van der Waals surface area contributed by atoms with Gasteiger partial charge in [-0.2, -0.15) is 0 Å². The Balaban J connectivity index is 2.71. The van der Waals surface area contributed by atoms with Crippen LogP contribution in [0.15, 0.2) is 12.1 Å². The average molecular weight is 322 g/mol. The van der Waals surface area contributed by atoms with Crippen LogP contribution < -0.4 is 4.74 Å². The summed E-state index contributed by atoms with van der Waals surface area (Å²) >= 11 is 11.9. The summed E-state index contributed by atoms with van der Waals surface area (Å²) in [5, 5.41) is 9.28. The molecule has 20 heavy (non-hydrogen) atoms. The van der Waals surface area contributed by atoms with E-state index in [4.69, 9.17) is 37.8 Å². The largest absolute Gasteiger partial charge is 0.494 e. The smallest absolute Gasteiger partial charge is 0.343 e. The molecule has 0 amide bonds. The van der Waals surface area contributed by atoms with Crippen LogP contribution in [0.4, 0.5) is 0 Å². The quantitative estimate of drug-likeness (QED) is 0.779. The van der Waals surface area contributed by atoms with Gasteiger partial charge >= 0.3 is 5.97 Å². The summed E-state index contributed by atoms with van der Waals surface area (Å²) in [6.07, 6.45) is 0. The van der Waals surface area contributed by atoms with Gasteiger partial charge in [0.15, 0.2) is 5.75 Å². The maximum atomic E-state index is 12.0. The van der Waals surface area contributed by atoms with Crippen molar-refractivity contribution in [3.8, 4) is 5.75 Å². The molecule has 0 heterocycles. The second kappa shape index (κ2) is 8.32. The van der Waals surface area contributed by atoms with Crippen molar-refractivity contribution in [2.24, 2.45) is 0 Å². The summed E-state index contributed by atoms with van der Waals surface area (Å²) in [5.74, 6) is -0.389. The fraction of sp³-hybridized carbons (Fsp3) is 0.462. The van der Waals surface area contributed by atoms with Crippen molar-refractivity contribution in [2.75, 3.05) is 40.5 Å². The van der Waals surface area contributed by atoms with E-state index < -0.39 is 5.97 Å². The first-order chi connectivity index (χ1) is 9.51. The van der Waals surface area contributed by atoms with Crippen molar-refractivity contribution in [1.82, 2.24) is 4.90 Å². The van der Waals surface area contributed by atoms with Gasteiger partial charge in [-0.25, -0.2) is 4.79 Å². The molecule has 1 N–H and O–H groups in total. The van der Waals surface area contributed by atoms with Gasteiger partial charge in [-0.05, 0) is 19.2 Å². The summed E-state index contributed by atoms with van der Waals surface area (Å²) < 4.78 is 10.2. The average Bonchev–Trinajstić information content (AvgIpc) is 2.41. The molecule has 5 nitrogen and oxygen atoms in total. The number of carbonyl (C=O) groups is 1. The van der Waals surface area contributed by atoms with Gasteiger partial charge < -0.3 is 19.5 Å². The molecular weight excluding hydrogens is 305 g/mol. The third kappa shape index (κ3) is 4.52. The number of esters is 1. The van der Waals surface area contributed by atoms with Gasteiger partial charge in [0.2, 0.25) is 0 Å². The highest BCUT2D eigenvalue weighted by molar-refractivity contribution is 6.37. The molecule has 0 atom stereocenters. The van der Waals surface area contributed by atoms with Crippen LogP contribution in [-0.4, -0.2) is 56.4 Å². The predicted octanol–water partition coefficient (Wildman–Crippen LogP) is 2.08. The Morgan fingerprint density at radius 1 is 1.30 bits per heavy atom. The fourth-order valence-corrected chi connectivity index (χ4v) is 2.03. The Labute approximate surface area is 128 Å². The van der Waals surface area contributed by atoms with E-state index in [1.54, 1.807) is 6.07 Å². The Bertz CT molecular complexity index is 468. The number of methoxy groups -OCH3 is 1. The second-order valence-corrected chi connectivity index (χ2v) is 4.91. The number of hydrogen-bond donors (Lipinski definition) is 1. The van der Waals surface area contributed by atoms with Crippen LogP contribution in [-0.2, 0) is 4.74 Å². The molecular formula is C13H17Cl2NO4. The highest BCUT2D eigenvalue weighted by Crippen LogP contribution is 2.34. The highest BCUT2D eigenvalue weighted by Gasteiger charge is 2.20. The number of benzene rings is 1. The molecule has 0 aliphatic carbocycles. The first-order valence-electron chi connectivity index (χ1n) is 5.99. The minimum atomic E-state index is -0.591. The zero-order valence-corrected chi connectivity index (χ0v) is 12.9. The molecule has 0 radical (unpaired) electrons. The van der Waals surface area contributed by atoms with Gasteiger partial charge in [0.1, 0.15) is 12.2 Å². The molecule has 0 unspecified atom stereocenters. The number of aliphatic hydroxyl groups excluding tert-OH is 1. The number of hydrogen-bond acceptors (Lipinski definition) is 5. The van der Waals surface area contributed by atoms with Crippen molar-refractivity contribution >= 4 is 29.2 Å². The monoisotopic (exact) mass is 321 g/mol. The van der Waals surface area contributed by atoms with E-state index in [2.05, 4.69) is 0 Å². The second-order valence-electron chi connectivity index (χ2n) is 4.10. The molecule has 0 spiro atoms. The number of aliphatic hydroxyl groups is 1. The first kappa shape index (κ1) is 17.0. The maximum absolute atomic E-state index is 12.0. The number of likely N-dealkylation sites (N-methyl/N-ethyl adjacent to an activating group) is 1. The molecule has 0 aromatic heterocycles. The Kier molecular flexibility index (Phi) is 7.09. The van der Waals surface area contributed by atoms with Crippen LogP contribution in [0.5, 0.6) is 5.75 Å². The van der Waals surface area contributed by atoms with Crippen molar-refractivity contribution in [2.45, 2.75) is 0 Å². The number of nitrogens with zero attached hydrogens (tertiary/aromatic N) is 1. The zero-order chi connectivity index (χ0) is 15.1. The summed E-state index contributed by atoms with van der Waals surface area (Å²) in [7, 11) is 3.22.